The molecule has 1 saturated carbocycles. The highest BCUT2D eigenvalue weighted by Crippen LogP contribution is 2.38. The fourth-order valence-electron chi connectivity index (χ4n) is 4.80. The molecule has 1 aliphatic carbocycles. The van der Waals surface area contributed by atoms with Crippen molar-refractivity contribution in [3.63, 3.8) is 0 Å². The lowest BCUT2D eigenvalue weighted by molar-refractivity contribution is 0.377. The molecule has 0 radical (unpaired) electrons. The molecule has 1 saturated heterocycles. The minimum atomic E-state index is -3.21. The number of aromatic nitrogens is 3. The fourth-order valence-corrected chi connectivity index (χ4v) is 7.06. The summed E-state index contributed by atoms with van der Waals surface area (Å²) in [5, 5.41) is 0.259. The van der Waals surface area contributed by atoms with Crippen LogP contribution in [0.3, 0.4) is 0 Å². The molecule has 190 valence electrons. The predicted octanol–water partition coefficient (Wildman–Crippen LogP) is 3.88. The van der Waals surface area contributed by atoms with Gasteiger partial charge in [-0.1, -0.05) is 24.4 Å². The number of hydrogen-bond donors (Lipinski definition) is 0. The summed E-state index contributed by atoms with van der Waals surface area (Å²) in [6.07, 6.45) is 7.37. The first-order chi connectivity index (χ1) is 16.4. The van der Waals surface area contributed by atoms with Crippen molar-refractivity contribution in [2.45, 2.75) is 30.9 Å². The fraction of sp³-hybridized carbons (Fsp3) is 0.478. The van der Waals surface area contributed by atoms with Crippen LogP contribution in [-0.4, -0.2) is 72.7 Å². The summed E-state index contributed by atoms with van der Waals surface area (Å²) in [5.74, 6) is 2.45. The molecule has 3 heterocycles. The lowest BCUT2D eigenvalue weighted by Gasteiger charge is -2.35. The van der Waals surface area contributed by atoms with Gasteiger partial charge in [-0.3, -0.25) is 4.40 Å². The lowest BCUT2D eigenvalue weighted by atomic mass is 10.1. The van der Waals surface area contributed by atoms with Gasteiger partial charge in [0.25, 0.3) is 0 Å². The van der Waals surface area contributed by atoms with Crippen LogP contribution in [0.2, 0.25) is 5.02 Å². The molecule has 35 heavy (non-hydrogen) atoms. The molecule has 2 aliphatic rings. The summed E-state index contributed by atoms with van der Waals surface area (Å²) < 4.78 is 40.1. The molecule has 0 amide bonds. The van der Waals surface area contributed by atoms with E-state index in [1.807, 2.05) is 22.9 Å². The number of hydrogen-bond acceptors (Lipinski definition) is 7. The normalized spacial score (nSPS) is 17.5. The first kappa shape index (κ1) is 25.8. The highest BCUT2D eigenvalue weighted by molar-refractivity contribution is 7.89. The van der Waals surface area contributed by atoms with E-state index in [-0.39, 0.29) is 17.7 Å². The summed E-state index contributed by atoms with van der Waals surface area (Å²) in [6, 6.07) is 5.43. The molecule has 0 atom stereocenters. The van der Waals surface area contributed by atoms with Crippen LogP contribution in [0.25, 0.3) is 17.0 Å². The highest BCUT2D eigenvalue weighted by Gasteiger charge is 2.35. The van der Waals surface area contributed by atoms with Gasteiger partial charge in [-0.25, -0.2) is 13.4 Å². The minimum absolute atomic E-state index is 0. The van der Waals surface area contributed by atoms with Crippen molar-refractivity contribution in [2.75, 3.05) is 45.3 Å². The van der Waals surface area contributed by atoms with Crippen molar-refractivity contribution in [3.8, 4) is 22.8 Å². The molecule has 2 fully saturated rings. The zero-order chi connectivity index (χ0) is 23.9. The number of imidazole rings is 1. The van der Waals surface area contributed by atoms with E-state index in [4.69, 9.17) is 26.1 Å². The maximum Gasteiger partial charge on any atom is 0.236 e. The van der Waals surface area contributed by atoms with Crippen LogP contribution < -0.4 is 14.4 Å². The molecule has 2 aromatic heterocycles. The summed E-state index contributed by atoms with van der Waals surface area (Å²) in [5.41, 5.74) is 1.42. The molecular formula is C23H29Cl2N5O4S. The van der Waals surface area contributed by atoms with E-state index < -0.39 is 10.0 Å². The monoisotopic (exact) mass is 541 g/mol. The average molecular weight is 542 g/mol. The minimum Gasteiger partial charge on any atom is -0.496 e. The number of rotatable bonds is 6. The van der Waals surface area contributed by atoms with E-state index in [0.29, 0.717) is 54.2 Å². The number of anilines is 1. The number of ether oxygens (including phenoxy) is 2. The van der Waals surface area contributed by atoms with Gasteiger partial charge in [0.1, 0.15) is 17.3 Å². The largest absolute Gasteiger partial charge is 0.496 e. The van der Waals surface area contributed by atoms with Gasteiger partial charge in [0.2, 0.25) is 15.8 Å². The predicted molar refractivity (Wildman–Crippen MR) is 139 cm³/mol. The van der Waals surface area contributed by atoms with Crippen molar-refractivity contribution >= 4 is 45.6 Å². The molecule has 1 aliphatic heterocycles. The standard InChI is InChI=1S/C23H28ClN5O4S.ClH/c1-32-20-14-21(33-2)18(24)13-17(20)19-15-28-8-7-22(26-23(28)25-19)27-9-11-29(12-10-27)34(30,31)16-5-3-4-6-16;/h7-8,13-16H,3-6,9-12H2,1-2H3;1H. The molecule has 0 N–H and O–H groups in total. The first-order valence-electron chi connectivity index (χ1n) is 11.4. The smallest absolute Gasteiger partial charge is 0.236 e. The molecule has 0 unspecified atom stereocenters. The van der Waals surface area contributed by atoms with Crippen molar-refractivity contribution in [2.24, 2.45) is 0 Å². The third-order valence-corrected chi connectivity index (χ3v) is 9.40. The van der Waals surface area contributed by atoms with Crippen LogP contribution in [0, 0.1) is 0 Å². The second kappa shape index (κ2) is 10.4. The number of halogens is 2. The van der Waals surface area contributed by atoms with Gasteiger partial charge in [0, 0.05) is 50.2 Å². The lowest BCUT2D eigenvalue weighted by Crippen LogP contribution is -2.51. The molecular weight excluding hydrogens is 513 g/mol. The number of nitrogens with zero attached hydrogens (tertiary/aromatic N) is 5. The molecule has 0 spiro atoms. The number of fused-ring (bicyclic) bond motifs is 1. The Labute approximate surface area is 216 Å². The van der Waals surface area contributed by atoms with Gasteiger partial charge in [0.05, 0.1) is 30.2 Å². The molecule has 3 aromatic rings. The third-order valence-electron chi connectivity index (χ3n) is 6.71. The molecule has 1 aromatic carbocycles. The van der Waals surface area contributed by atoms with Gasteiger partial charge in [-0.05, 0) is 25.0 Å². The Kier molecular flexibility index (Phi) is 7.65. The third kappa shape index (κ3) is 4.89. The Morgan fingerprint density at radius 2 is 1.69 bits per heavy atom. The van der Waals surface area contributed by atoms with Crippen molar-refractivity contribution < 1.29 is 17.9 Å². The molecule has 0 bridgehead atoms. The Balaban J connectivity index is 0.00000289. The number of sulfonamides is 1. The van der Waals surface area contributed by atoms with Gasteiger partial charge >= 0.3 is 0 Å². The van der Waals surface area contributed by atoms with E-state index in [9.17, 15) is 8.42 Å². The Morgan fingerprint density at radius 1 is 1.00 bits per heavy atom. The summed E-state index contributed by atoms with van der Waals surface area (Å²) in [4.78, 5) is 11.5. The van der Waals surface area contributed by atoms with E-state index >= 15 is 0 Å². The van der Waals surface area contributed by atoms with Crippen molar-refractivity contribution in [3.05, 3.63) is 35.6 Å². The zero-order valence-electron chi connectivity index (χ0n) is 19.7. The van der Waals surface area contributed by atoms with Crippen LogP contribution in [0.5, 0.6) is 11.5 Å². The summed E-state index contributed by atoms with van der Waals surface area (Å²) >= 11 is 6.33. The summed E-state index contributed by atoms with van der Waals surface area (Å²) in [7, 11) is -0.0620. The second-order valence-electron chi connectivity index (χ2n) is 8.64. The van der Waals surface area contributed by atoms with E-state index in [2.05, 4.69) is 9.88 Å². The average Bonchev–Trinajstić information content (AvgIpc) is 3.54. The SMILES string of the molecule is COc1cc(OC)c(-c2cn3ccc(N4CCN(S(=O)(=O)C5CCCC5)CC4)nc3n2)cc1Cl.Cl. The Hall–Kier alpha value is -2.27. The van der Waals surface area contributed by atoms with Gasteiger partial charge in [-0.15, -0.1) is 12.4 Å². The van der Waals surface area contributed by atoms with Crippen LogP contribution in [-0.2, 0) is 10.0 Å². The van der Waals surface area contributed by atoms with Crippen molar-refractivity contribution in [1.82, 2.24) is 18.7 Å². The number of benzene rings is 1. The summed E-state index contributed by atoms with van der Waals surface area (Å²) in [6.45, 7) is 2.16. The number of piperazine rings is 1. The van der Waals surface area contributed by atoms with E-state index in [1.165, 1.54) is 0 Å². The quantitative estimate of drug-likeness (QED) is 0.467. The van der Waals surface area contributed by atoms with Crippen molar-refractivity contribution in [1.29, 1.82) is 0 Å². The maximum atomic E-state index is 12.9. The van der Waals surface area contributed by atoms with Crippen LogP contribution >= 0.6 is 24.0 Å². The Bertz CT molecular complexity index is 1300. The van der Waals surface area contributed by atoms with Crippen LogP contribution in [0.1, 0.15) is 25.7 Å². The first-order valence-corrected chi connectivity index (χ1v) is 13.3. The van der Waals surface area contributed by atoms with Gasteiger partial charge in [0.15, 0.2) is 0 Å². The van der Waals surface area contributed by atoms with Crippen LogP contribution in [0.15, 0.2) is 30.6 Å². The van der Waals surface area contributed by atoms with Crippen LogP contribution in [0.4, 0.5) is 5.82 Å². The van der Waals surface area contributed by atoms with Gasteiger partial charge in [-0.2, -0.15) is 9.29 Å². The molecule has 9 nitrogen and oxygen atoms in total. The highest BCUT2D eigenvalue weighted by atomic mass is 35.5. The van der Waals surface area contributed by atoms with E-state index in [1.54, 1.807) is 30.7 Å². The van der Waals surface area contributed by atoms with E-state index in [0.717, 1.165) is 37.1 Å². The maximum absolute atomic E-state index is 12.9. The Morgan fingerprint density at radius 3 is 2.34 bits per heavy atom. The second-order valence-corrected chi connectivity index (χ2v) is 11.3. The number of methoxy groups -OCH3 is 2. The molecule has 5 rings (SSSR count). The topological polar surface area (TPSA) is 89.3 Å². The van der Waals surface area contributed by atoms with Gasteiger partial charge < -0.3 is 14.4 Å². The molecule has 12 heteroatoms. The zero-order valence-corrected chi connectivity index (χ0v) is 22.1.